The number of phenolic OH excluding ortho intramolecular Hbond substituents is 1. The number of imide groups is 1. The third kappa shape index (κ3) is 6.39. The van der Waals surface area contributed by atoms with Gasteiger partial charge in [-0.05, 0) is 73.6 Å². The molecule has 1 aliphatic carbocycles. The zero-order valence-corrected chi connectivity index (χ0v) is 24.6. The molecule has 0 bridgehead atoms. The summed E-state index contributed by atoms with van der Waals surface area (Å²) in [5.41, 5.74) is -0.582. The van der Waals surface area contributed by atoms with Crippen molar-refractivity contribution >= 4 is 23.6 Å². The highest BCUT2D eigenvalue weighted by Crippen LogP contribution is 2.52. The number of nitrogens with zero attached hydrogens (tertiary/aromatic N) is 1. The Labute approximate surface area is 255 Å². The van der Waals surface area contributed by atoms with Crippen LogP contribution in [0.1, 0.15) is 69.1 Å². The minimum absolute atomic E-state index is 0.0346. The predicted molar refractivity (Wildman–Crippen MR) is 151 cm³/mol. The summed E-state index contributed by atoms with van der Waals surface area (Å²) in [6.45, 7) is 3.98. The summed E-state index contributed by atoms with van der Waals surface area (Å²) in [6.07, 6.45) is -5.61. The van der Waals surface area contributed by atoms with E-state index in [0.29, 0.717) is 48.3 Å². The average molecular weight is 640 g/mol. The van der Waals surface area contributed by atoms with E-state index in [1.807, 2.05) is 19.9 Å². The Balaban J connectivity index is 1.43. The van der Waals surface area contributed by atoms with Gasteiger partial charge in [0.05, 0.1) is 41.4 Å². The smallest absolute Gasteiger partial charge is 0.416 e. The number of rotatable bonds is 8. The molecule has 2 fully saturated rings. The molecule has 12 heteroatoms. The Hall–Kier alpha value is -3.67. The predicted octanol–water partition coefficient (Wildman–Crippen LogP) is 8.46. The van der Waals surface area contributed by atoms with Gasteiger partial charge in [0.25, 0.3) is 0 Å². The number of amides is 2. The first-order chi connectivity index (χ1) is 21.1. The molecule has 2 aliphatic heterocycles. The van der Waals surface area contributed by atoms with Gasteiger partial charge in [0.15, 0.2) is 11.6 Å². The molecule has 45 heavy (non-hydrogen) atoms. The standard InChI is InChI=1S/C33H32F7NO4/c1-3-5-19-12-23-29(31(44)41(30(23)43)22-14-20(32(35,36)37)13-21(15-22)33(38,39)40)24-16-45-27(28(19)24)9-7-17(4-2)10-18-6-8-26(42)25(34)11-18/h6,8,10-11,13-15,23-24,27,29,42H,3-5,7,9,12,16H2,1-2H3/b17-10+/t23-,24+,27-,29-/m1/s1. The number of halogens is 7. The van der Waals surface area contributed by atoms with Crippen LogP contribution in [0.2, 0.25) is 0 Å². The average Bonchev–Trinajstić information content (AvgIpc) is 3.50. The molecule has 1 N–H and O–H groups in total. The van der Waals surface area contributed by atoms with Crippen molar-refractivity contribution in [3.05, 3.63) is 75.6 Å². The third-order valence-electron chi connectivity index (χ3n) is 8.91. The number of alkyl halides is 6. The van der Waals surface area contributed by atoms with Crippen LogP contribution in [0.5, 0.6) is 5.75 Å². The molecular weight excluding hydrogens is 607 g/mol. The van der Waals surface area contributed by atoms with Gasteiger partial charge in [-0.3, -0.25) is 9.59 Å². The summed E-state index contributed by atoms with van der Waals surface area (Å²) in [5, 5.41) is 9.47. The van der Waals surface area contributed by atoms with E-state index in [2.05, 4.69) is 0 Å². The van der Waals surface area contributed by atoms with Gasteiger partial charge in [-0.2, -0.15) is 26.3 Å². The monoisotopic (exact) mass is 639 g/mol. The number of ether oxygens (including phenoxy) is 1. The van der Waals surface area contributed by atoms with E-state index >= 15 is 0 Å². The topological polar surface area (TPSA) is 66.8 Å². The molecule has 242 valence electrons. The van der Waals surface area contributed by atoms with Crippen LogP contribution in [0.4, 0.5) is 36.4 Å². The van der Waals surface area contributed by atoms with Crippen molar-refractivity contribution < 1.29 is 50.2 Å². The first-order valence-corrected chi connectivity index (χ1v) is 14.8. The van der Waals surface area contributed by atoms with E-state index in [1.165, 1.54) is 12.1 Å². The Morgan fingerprint density at radius 1 is 0.978 bits per heavy atom. The summed E-state index contributed by atoms with van der Waals surface area (Å²) < 4.78 is 101. The number of aromatic hydroxyl groups is 1. The minimum Gasteiger partial charge on any atom is -0.505 e. The zero-order valence-electron chi connectivity index (χ0n) is 24.6. The van der Waals surface area contributed by atoms with E-state index in [0.717, 1.165) is 23.1 Å². The number of fused-ring (bicyclic) bond motifs is 3. The quantitative estimate of drug-likeness (QED) is 0.179. The van der Waals surface area contributed by atoms with E-state index < -0.39 is 76.4 Å². The molecule has 2 aromatic rings. The highest BCUT2D eigenvalue weighted by Gasteiger charge is 2.57. The summed E-state index contributed by atoms with van der Waals surface area (Å²) in [6, 6.07) is 4.88. The van der Waals surface area contributed by atoms with Gasteiger partial charge in [-0.15, -0.1) is 0 Å². The van der Waals surface area contributed by atoms with Crippen LogP contribution < -0.4 is 4.90 Å². The summed E-state index contributed by atoms with van der Waals surface area (Å²) in [5.74, 6) is -5.26. The van der Waals surface area contributed by atoms with E-state index in [9.17, 15) is 45.4 Å². The summed E-state index contributed by atoms with van der Waals surface area (Å²) in [7, 11) is 0. The van der Waals surface area contributed by atoms with Gasteiger partial charge in [0.1, 0.15) is 0 Å². The van der Waals surface area contributed by atoms with Crippen LogP contribution in [-0.4, -0.2) is 29.6 Å². The molecular formula is C33H32F7NO4. The first kappa shape index (κ1) is 32.7. The molecule has 5 nitrogen and oxygen atoms in total. The van der Waals surface area contributed by atoms with Crippen LogP contribution in [-0.2, 0) is 26.7 Å². The highest BCUT2D eigenvalue weighted by atomic mass is 19.4. The van der Waals surface area contributed by atoms with Crippen LogP contribution in [0.15, 0.2) is 53.1 Å². The van der Waals surface area contributed by atoms with Crippen molar-refractivity contribution in [3.8, 4) is 5.75 Å². The molecule has 2 heterocycles. The van der Waals surface area contributed by atoms with Gasteiger partial charge in [-0.25, -0.2) is 9.29 Å². The van der Waals surface area contributed by atoms with Crippen LogP contribution >= 0.6 is 0 Å². The second kappa shape index (κ2) is 12.3. The van der Waals surface area contributed by atoms with Gasteiger partial charge in [-0.1, -0.05) is 43.6 Å². The van der Waals surface area contributed by atoms with Gasteiger partial charge >= 0.3 is 12.4 Å². The lowest BCUT2D eigenvalue weighted by molar-refractivity contribution is -0.143. The van der Waals surface area contributed by atoms with Crippen molar-refractivity contribution in [1.29, 1.82) is 0 Å². The van der Waals surface area contributed by atoms with E-state index in [1.54, 1.807) is 6.07 Å². The molecule has 0 radical (unpaired) electrons. The number of anilines is 1. The second-order valence-corrected chi connectivity index (χ2v) is 11.8. The molecule has 3 aliphatic rings. The Morgan fingerprint density at radius 2 is 1.64 bits per heavy atom. The van der Waals surface area contributed by atoms with Crippen molar-refractivity contribution in [3.63, 3.8) is 0 Å². The van der Waals surface area contributed by atoms with E-state index in [4.69, 9.17) is 4.74 Å². The number of carbonyl (C=O) groups is 2. The van der Waals surface area contributed by atoms with Crippen LogP contribution in [0, 0.1) is 23.6 Å². The molecule has 4 atom stereocenters. The molecule has 0 spiro atoms. The fraction of sp³-hybridized carbons (Fsp3) is 0.455. The van der Waals surface area contributed by atoms with Crippen molar-refractivity contribution in [2.75, 3.05) is 11.5 Å². The fourth-order valence-corrected chi connectivity index (χ4v) is 6.85. The molecule has 5 rings (SSSR count). The molecule has 0 saturated carbocycles. The molecule has 2 aromatic carbocycles. The number of phenols is 1. The van der Waals surface area contributed by atoms with Gasteiger partial charge in [0, 0.05) is 5.92 Å². The number of allylic oxidation sites excluding steroid dienone is 2. The zero-order chi connectivity index (χ0) is 32.8. The van der Waals surface area contributed by atoms with E-state index in [-0.39, 0.29) is 19.1 Å². The molecule has 2 saturated heterocycles. The lowest BCUT2D eigenvalue weighted by Crippen LogP contribution is -2.34. The van der Waals surface area contributed by atoms with Crippen LogP contribution in [0.3, 0.4) is 0 Å². The largest absolute Gasteiger partial charge is 0.505 e. The maximum atomic E-state index is 13.9. The Morgan fingerprint density at radius 3 is 2.22 bits per heavy atom. The van der Waals surface area contributed by atoms with Crippen molar-refractivity contribution in [1.82, 2.24) is 0 Å². The van der Waals surface area contributed by atoms with Gasteiger partial charge in [0.2, 0.25) is 11.8 Å². The Bertz CT molecular complexity index is 1530. The summed E-state index contributed by atoms with van der Waals surface area (Å²) >= 11 is 0. The Kier molecular flexibility index (Phi) is 8.91. The van der Waals surface area contributed by atoms with Crippen molar-refractivity contribution in [2.24, 2.45) is 17.8 Å². The first-order valence-electron chi connectivity index (χ1n) is 14.8. The number of hydrogen-bond donors (Lipinski definition) is 1. The minimum atomic E-state index is -5.13. The molecule has 2 amide bonds. The lowest BCUT2D eigenvalue weighted by atomic mass is 9.68. The molecule has 0 unspecified atom stereocenters. The summed E-state index contributed by atoms with van der Waals surface area (Å²) in [4.78, 5) is 27.8. The third-order valence-corrected chi connectivity index (χ3v) is 8.91. The SMILES string of the molecule is CCCC1=C2[C@@H](CC/C(=C/c3ccc(O)c(F)c3)CC)OC[C@@H]2[C@@H]2C(=O)N(c3cc(C(F)(F)F)cc(C(F)(F)F)c3)C(=O)[C@@H]2C1. The normalized spacial score (nSPS) is 24.0. The highest BCUT2D eigenvalue weighted by molar-refractivity contribution is 6.22. The number of benzene rings is 2. The van der Waals surface area contributed by atoms with Crippen molar-refractivity contribution in [2.45, 2.75) is 70.8 Å². The second-order valence-electron chi connectivity index (χ2n) is 11.8. The fourth-order valence-electron chi connectivity index (χ4n) is 6.85. The maximum absolute atomic E-state index is 13.9. The maximum Gasteiger partial charge on any atom is 0.416 e. The number of hydrogen-bond acceptors (Lipinski definition) is 4. The van der Waals surface area contributed by atoms with Crippen LogP contribution in [0.25, 0.3) is 6.08 Å². The van der Waals surface area contributed by atoms with Gasteiger partial charge < -0.3 is 9.84 Å². The number of carbonyl (C=O) groups excluding carboxylic acids is 2. The lowest BCUT2D eigenvalue weighted by Gasteiger charge is -2.32. The molecule has 0 aromatic heterocycles.